The fourth-order valence-electron chi connectivity index (χ4n) is 1.63. The molecule has 0 aliphatic carbocycles. The molecule has 0 aliphatic heterocycles. The first kappa shape index (κ1) is 12.7. The van der Waals surface area contributed by atoms with Crippen LogP contribution in [0.1, 0.15) is 31.9 Å². The Balaban J connectivity index is 2.48. The van der Waals surface area contributed by atoms with Gasteiger partial charge in [0, 0.05) is 25.7 Å². The van der Waals surface area contributed by atoms with E-state index in [1.54, 1.807) is 10.9 Å². The maximum atomic E-state index is 11.6. The van der Waals surface area contributed by atoms with Gasteiger partial charge >= 0.3 is 0 Å². The van der Waals surface area contributed by atoms with Crippen molar-refractivity contribution in [1.29, 1.82) is 0 Å². The van der Waals surface area contributed by atoms with E-state index in [1.165, 1.54) is 0 Å². The van der Waals surface area contributed by atoms with Crippen molar-refractivity contribution in [3.05, 3.63) is 11.9 Å². The van der Waals surface area contributed by atoms with E-state index >= 15 is 0 Å². The third kappa shape index (κ3) is 3.66. The lowest BCUT2D eigenvalue weighted by molar-refractivity contribution is -0.116. The van der Waals surface area contributed by atoms with E-state index in [1.807, 2.05) is 14.0 Å². The fourth-order valence-corrected chi connectivity index (χ4v) is 1.63. The van der Waals surface area contributed by atoms with Gasteiger partial charge < -0.3 is 11.1 Å². The highest BCUT2D eigenvalue weighted by Crippen LogP contribution is 2.12. The summed E-state index contributed by atoms with van der Waals surface area (Å²) in [6.45, 7) is 3.92. The number of aryl methyl sites for hydroxylation is 2. The molecule has 90 valence electrons. The second-order valence-electron chi connectivity index (χ2n) is 4.10. The van der Waals surface area contributed by atoms with Crippen molar-refractivity contribution in [3.63, 3.8) is 0 Å². The number of nitrogens with two attached hydrogens (primary N) is 1. The summed E-state index contributed by atoms with van der Waals surface area (Å²) in [6.07, 6.45) is 4.03. The van der Waals surface area contributed by atoms with Crippen molar-refractivity contribution in [2.24, 2.45) is 12.8 Å². The van der Waals surface area contributed by atoms with Crippen molar-refractivity contribution >= 4 is 11.6 Å². The molecule has 1 amide bonds. The Morgan fingerprint density at radius 3 is 2.88 bits per heavy atom. The van der Waals surface area contributed by atoms with Crippen LogP contribution in [-0.4, -0.2) is 21.7 Å². The third-order valence-electron chi connectivity index (χ3n) is 2.39. The minimum absolute atomic E-state index is 0.0444. The Hall–Kier alpha value is -1.36. The number of hydrogen-bond donors (Lipinski definition) is 2. The van der Waals surface area contributed by atoms with E-state index in [2.05, 4.69) is 17.3 Å². The first-order valence-corrected chi connectivity index (χ1v) is 5.58. The van der Waals surface area contributed by atoms with Crippen LogP contribution in [-0.2, 0) is 11.8 Å². The smallest absolute Gasteiger partial charge is 0.226 e. The highest BCUT2D eigenvalue weighted by atomic mass is 16.1. The number of nitrogens with one attached hydrogen (secondary N) is 1. The molecular weight excluding hydrogens is 204 g/mol. The van der Waals surface area contributed by atoms with E-state index in [0.29, 0.717) is 6.42 Å². The molecule has 1 heterocycles. The molecule has 0 spiro atoms. The summed E-state index contributed by atoms with van der Waals surface area (Å²) in [4.78, 5) is 11.6. The average Bonchev–Trinajstić information content (AvgIpc) is 2.44. The van der Waals surface area contributed by atoms with Gasteiger partial charge in [-0.25, -0.2) is 0 Å². The zero-order valence-corrected chi connectivity index (χ0v) is 10.2. The van der Waals surface area contributed by atoms with Gasteiger partial charge in [0.25, 0.3) is 0 Å². The van der Waals surface area contributed by atoms with Crippen molar-refractivity contribution < 1.29 is 4.79 Å². The van der Waals surface area contributed by atoms with E-state index in [9.17, 15) is 4.79 Å². The molecule has 0 aliphatic rings. The van der Waals surface area contributed by atoms with E-state index in [-0.39, 0.29) is 11.9 Å². The van der Waals surface area contributed by atoms with Gasteiger partial charge in [-0.05, 0) is 13.3 Å². The van der Waals surface area contributed by atoms with Gasteiger partial charge in [0.2, 0.25) is 5.91 Å². The van der Waals surface area contributed by atoms with Crippen LogP contribution >= 0.6 is 0 Å². The lowest BCUT2D eigenvalue weighted by Crippen LogP contribution is -2.26. The third-order valence-corrected chi connectivity index (χ3v) is 2.39. The predicted molar refractivity (Wildman–Crippen MR) is 64.1 cm³/mol. The van der Waals surface area contributed by atoms with Gasteiger partial charge in [-0.15, -0.1) is 0 Å². The Bertz CT molecular complexity index is 359. The van der Waals surface area contributed by atoms with Crippen LogP contribution in [0.25, 0.3) is 0 Å². The number of carbonyl (C=O) groups is 1. The van der Waals surface area contributed by atoms with Gasteiger partial charge in [0.15, 0.2) is 0 Å². The minimum atomic E-state index is -0.0537. The number of rotatable bonds is 5. The lowest BCUT2D eigenvalue weighted by atomic mass is 10.1. The van der Waals surface area contributed by atoms with Crippen molar-refractivity contribution in [1.82, 2.24) is 9.78 Å². The summed E-state index contributed by atoms with van der Waals surface area (Å²) in [5.41, 5.74) is 7.38. The Morgan fingerprint density at radius 1 is 1.69 bits per heavy atom. The average molecular weight is 224 g/mol. The summed E-state index contributed by atoms with van der Waals surface area (Å²) in [5, 5.41) is 6.97. The molecule has 5 nitrogen and oxygen atoms in total. The number of hydrogen-bond acceptors (Lipinski definition) is 3. The molecular formula is C11H20N4O. The molecule has 16 heavy (non-hydrogen) atoms. The summed E-state index contributed by atoms with van der Waals surface area (Å²) < 4.78 is 1.68. The van der Waals surface area contributed by atoms with E-state index in [0.717, 1.165) is 24.2 Å². The summed E-state index contributed by atoms with van der Waals surface area (Å²) >= 11 is 0. The van der Waals surface area contributed by atoms with Crippen molar-refractivity contribution in [2.75, 3.05) is 5.32 Å². The first-order valence-electron chi connectivity index (χ1n) is 5.58. The second kappa shape index (κ2) is 5.65. The highest BCUT2D eigenvalue weighted by Gasteiger charge is 2.11. The molecule has 5 heteroatoms. The molecule has 1 atom stereocenters. The lowest BCUT2D eigenvalue weighted by Gasteiger charge is -2.09. The molecule has 1 rings (SSSR count). The SMILES string of the molecule is CCCC(N)CC(=O)Nc1cn(C)nc1C. The first-order chi connectivity index (χ1) is 7.52. The predicted octanol–water partition coefficient (Wildman–Crippen LogP) is 1.18. The van der Waals surface area contributed by atoms with Crippen LogP contribution in [0.4, 0.5) is 5.69 Å². The van der Waals surface area contributed by atoms with Gasteiger partial charge in [-0.2, -0.15) is 5.10 Å². The largest absolute Gasteiger partial charge is 0.327 e. The molecule has 0 saturated carbocycles. The number of carbonyl (C=O) groups excluding carboxylic acids is 1. The van der Waals surface area contributed by atoms with Crippen molar-refractivity contribution in [2.45, 2.75) is 39.2 Å². The van der Waals surface area contributed by atoms with Crippen LogP contribution in [0.5, 0.6) is 0 Å². The van der Waals surface area contributed by atoms with E-state index < -0.39 is 0 Å². The Labute approximate surface area is 96.0 Å². The summed E-state index contributed by atoms with van der Waals surface area (Å²) in [6, 6.07) is -0.0537. The fraction of sp³-hybridized carbons (Fsp3) is 0.636. The number of amides is 1. The van der Waals surface area contributed by atoms with Gasteiger partial charge in [-0.1, -0.05) is 13.3 Å². The molecule has 1 aromatic rings. The molecule has 0 fully saturated rings. The normalized spacial score (nSPS) is 12.5. The summed E-state index contributed by atoms with van der Waals surface area (Å²) in [7, 11) is 1.82. The molecule has 1 aromatic heterocycles. The van der Waals surface area contributed by atoms with Crippen molar-refractivity contribution in [3.8, 4) is 0 Å². The van der Waals surface area contributed by atoms with Gasteiger partial charge in [0.05, 0.1) is 11.4 Å². The van der Waals surface area contributed by atoms with Gasteiger partial charge in [-0.3, -0.25) is 9.48 Å². The molecule has 0 saturated heterocycles. The second-order valence-corrected chi connectivity index (χ2v) is 4.10. The molecule has 0 radical (unpaired) electrons. The maximum absolute atomic E-state index is 11.6. The van der Waals surface area contributed by atoms with Crippen LogP contribution < -0.4 is 11.1 Å². The Kier molecular flexibility index (Phi) is 4.49. The topological polar surface area (TPSA) is 72.9 Å². The van der Waals surface area contributed by atoms with Crippen LogP contribution in [0.3, 0.4) is 0 Å². The molecule has 3 N–H and O–H groups in total. The number of nitrogens with zero attached hydrogens (tertiary/aromatic N) is 2. The Morgan fingerprint density at radius 2 is 2.38 bits per heavy atom. The molecule has 1 unspecified atom stereocenters. The number of aromatic nitrogens is 2. The van der Waals surface area contributed by atoms with Gasteiger partial charge in [0.1, 0.15) is 0 Å². The monoisotopic (exact) mass is 224 g/mol. The quantitative estimate of drug-likeness (QED) is 0.789. The standard InChI is InChI=1S/C11H20N4O/c1-4-5-9(12)6-11(16)13-10-7-15(3)14-8(10)2/h7,9H,4-6,12H2,1-3H3,(H,13,16). The summed E-state index contributed by atoms with van der Waals surface area (Å²) in [5.74, 6) is -0.0444. The maximum Gasteiger partial charge on any atom is 0.226 e. The number of anilines is 1. The highest BCUT2D eigenvalue weighted by molar-refractivity contribution is 5.91. The zero-order chi connectivity index (χ0) is 12.1. The van der Waals surface area contributed by atoms with Crippen LogP contribution in [0.2, 0.25) is 0 Å². The minimum Gasteiger partial charge on any atom is -0.327 e. The molecule has 0 aromatic carbocycles. The van der Waals surface area contributed by atoms with Crippen LogP contribution in [0, 0.1) is 6.92 Å². The molecule has 0 bridgehead atoms. The van der Waals surface area contributed by atoms with E-state index in [4.69, 9.17) is 5.73 Å². The van der Waals surface area contributed by atoms with Crippen LogP contribution in [0.15, 0.2) is 6.20 Å². The zero-order valence-electron chi connectivity index (χ0n) is 10.2.